The number of carbonyl (C=O) groups excluding carboxylic acids is 3. The molecular weight excluding hydrogens is 368 g/mol. The van der Waals surface area contributed by atoms with Crippen molar-refractivity contribution in [3.05, 3.63) is 77.4 Å². The number of hydrogen-bond acceptors (Lipinski definition) is 4. The zero-order valence-electron chi connectivity index (χ0n) is 16.4. The fourth-order valence-electron chi connectivity index (χ4n) is 3.05. The van der Waals surface area contributed by atoms with Gasteiger partial charge in [-0.1, -0.05) is 29.8 Å². The molecule has 1 aliphatic rings. The van der Waals surface area contributed by atoms with Gasteiger partial charge in [-0.2, -0.15) is 0 Å². The summed E-state index contributed by atoms with van der Waals surface area (Å²) in [5.74, 6) is -0.658. The van der Waals surface area contributed by atoms with Crippen LogP contribution in [0, 0.1) is 6.92 Å². The van der Waals surface area contributed by atoms with E-state index in [-0.39, 0.29) is 5.57 Å². The Morgan fingerprint density at radius 1 is 1.10 bits per heavy atom. The van der Waals surface area contributed by atoms with Crippen molar-refractivity contribution in [1.29, 1.82) is 0 Å². The normalized spacial score (nSPS) is 15.4. The maximum atomic E-state index is 13.0. The first-order valence-corrected chi connectivity index (χ1v) is 9.29. The summed E-state index contributed by atoms with van der Waals surface area (Å²) >= 11 is 0. The van der Waals surface area contributed by atoms with Crippen molar-refractivity contribution in [2.24, 2.45) is 0 Å². The fourth-order valence-corrected chi connectivity index (χ4v) is 3.05. The molecule has 0 saturated carbocycles. The van der Waals surface area contributed by atoms with Crippen LogP contribution in [0.4, 0.5) is 10.5 Å². The van der Waals surface area contributed by atoms with Crippen molar-refractivity contribution < 1.29 is 19.1 Å². The molecule has 1 heterocycles. The summed E-state index contributed by atoms with van der Waals surface area (Å²) in [4.78, 5) is 38.5. The Morgan fingerprint density at radius 2 is 1.83 bits per heavy atom. The summed E-state index contributed by atoms with van der Waals surface area (Å²) in [5, 5.41) is 2.23. The second-order valence-corrected chi connectivity index (χ2v) is 6.59. The Kier molecular flexibility index (Phi) is 5.93. The van der Waals surface area contributed by atoms with E-state index in [1.165, 1.54) is 6.08 Å². The van der Waals surface area contributed by atoms with Gasteiger partial charge in [-0.25, -0.2) is 9.69 Å². The molecule has 2 aromatic rings. The van der Waals surface area contributed by atoms with Crippen LogP contribution in [0.25, 0.3) is 6.08 Å². The molecule has 0 atom stereocenters. The Bertz CT molecular complexity index is 1010. The number of aryl methyl sites for hydroxylation is 1. The Hall–Kier alpha value is -3.67. The molecule has 3 rings (SSSR count). The van der Waals surface area contributed by atoms with E-state index in [2.05, 4.69) is 11.9 Å². The number of amides is 4. The van der Waals surface area contributed by atoms with E-state index in [4.69, 9.17) is 4.74 Å². The number of carbonyl (C=O) groups is 3. The van der Waals surface area contributed by atoms with Crippen molar-refractivity contribution in [1.82, 2.24) is 5.32 Å². The van der Waals surface area contributed by atoms with E-state index in [0.717, 1.165) is 21.8 Å². The Morgan fingerprint density at radius 3 is 2.48 bits per heavy atom. The predicted octanol–water partition coefficient (Wildman–Crippen LogP) is 3.79. The summed E-state index contributed by atoms with van der Waals surface area (Å²) in [7, 11) is 0. The first-order valence-electron chi connectivity index (χ1n) is 9.29. The van der Waals surface area contributed by atoms with E-state index in [9.17, 15) is 14.4 Å². The molecule has 1 aliphatic heterocycles. The number of benzene rings is 2. The molecule has 0 unspecified atom stereocenters. The van der Waals surface area contributed by atoms with Crippen LogP contribution in [0.2, 0.25) is 0 Å². The highest BCUT2D eigenvalue weighted by Gasteiger charge is 2.36. The highest BCUT2D eigenvalue weighted by atomic mass is 16.5. The minimum atomic E-state index is -0.764. The number of urea groups is 1. The van der Waals surface area contributed by atoms with Gasteiger partial charge in [0.05, 0.1) is 12.3 Å². The SMILES string of the molecule is C=CCc1cc(/C=C2\C(=O)NC(=O)N(c3ccc(C)cc3)C2=O)ccc1OCC. The average molecular weight is 390 g/mol. The van der Waals surface area contributed by atoms with Gasteiger partial charge in [-0.3, -0.25) is 14.9 Å². The van der Waals surface area contributed by atoms with Gasteiger partial charge in [0.2, 0.25) is 0 Å². The lowest BCUT2D eigenvalue weighted by Gasteiger charge is -2.26. The fraction of sp³-hybridized carbons (Fsp3) is 0.174. The van der Waals surface area contributed by atoms with Gasteiger partial charge in [-0.15, -0.1) is 6.58 Å². The van der Waals surface area contributed by atoms with E-state index in [0.29, 0.717) is 24.3 Å². The maximum absolute atomic E-state index is 13.0. The van der Waals surface area contributed by atoms with Crippen molar-refractivity contribution in [3.8, 4) is 5.75 Å². The topological polar surface area (TPSA) is 75.7 Å². The van der Waals surface area contributed by atoms with E-state index >= 15 is 0 Å². The lowest BCUT2D eigenvalue weighted by Crippen LogP contribution is -2.54. The highest BCUT2D eigenvalue weighted by Crippen LogP contribution is 2.25. The molecule has 0 bridgehead atoms. The number of anilines is 1. The zero-order valence-corrected chi connectivity index (χ0v) is 16.4. The first kappa shape index (κ1) is 20.1. The lowest BCUT2D eigenvalue weighted by molar-refractivity contribution is -0.122. The molecular formula is C23H22N2O4. The minimum Gasteiger partial charge on any atom is -0.494 e. The number of barbiturate groups is 1. The third-order valence-electron chi connectivity index (χ3n) is 4.45. The molecule has 4 amide bonds. The minimum absolute atomic E-state index is 0.112. The van der Waals surface area contributed by atoms with Crippen LogP contribution in [0.1, 0.15) is 23.6 Å². The molecule has 6 nitrogen and oxygen atoms in total. The molecule has 1 saturated heterocycles. The number of nitrogens with one attached hydrogen (secondary N) is 1. The molecule has 0 aromatic heterocycles. The Balaban J connectivity index is 1.99. The van der Waals surface area contributed by atoms with Crippen LogP contribution in [-0.4, -0.2) is 24.5 Å². The largest absolute Gasteiger partial charge is 0.494 e. The summed E-state index contributed by atoms with van der Waals surface area (Å²) in [5.41, 5.74) is 2.83. The molecule has 0 radical (unpaired) electrons. The van der Waals surface area contributed by atoms with Gasteiger partial charge in [0.15, 0.2) is 0 Å². The third kappa shape index (κ3) is 4.27. The summed E-state index contributed by atoms with van der Waals surface area (Å²) < 4.78 is 5.61. The first-order chi connectivity index (χ1) is 13.9. The predicted molar refractivity (Wildman–Crippen MR) is 112 cm³/mol. The van der Waals surface area contributed by atoms with Crippen molar-refractivity contribution >= 4 is 29.6 Å². The Labute approximate surface area is 169 Å². The van der Waals surface area contributed by atoms with Gasteiger partial charge in [-0.05, 0) is 61.7 Å². The van der Waals surface area contributed by atoms with Crippen molar-refractivity contribution in [2.45, 2.75) is 20.3 Å². The molecule has 1 N–H and O–H groups in total. The number of hydrogen-bond donors (Lipinski definition) is 1. The monoisotopic (exact) mass is 390 g/mol. The van der Waals surface area contributed by atoms with Crippen molar-refractivity contribution in [3.63, 3.8) is 0 Å². The van der Waals surface area contributed by atoms with Gasteiger partial charge >= 0.3 is 6.03 Å². The van der Waals surface area contributed by atoms with Crippen LogP contribution in [0.3, 0.4) is 0 Å². The van der Waals surface area contributed by atoms with Crippen LogP contribution in [0.15, 0.2) is 60.7 Å². The summed E-state index contributed by atoms with van der Waals surface area (Å²) in [6.07, 6.45) is 3.82. The molecule has 1 fully saturated rings. The standard InChI is InChI=1S/C23H22N2O4/c1-4-6-17-13-16(9-12-20(17)29-5-2)14-19-21(26)24-23(28)25(22(19)27)18-10-7-15(3)8-11-18/h4,7-14H,1,5-6H2,2-3H3,(H,24,26,28)/b19-14+. The van der Waals surface area contributed by atoms with Gasteiger partial charge in [0.25, 0.3) is 11.8 Å². The van der Waals surface area contributed by atoms with Crippen LogP contribution in [-0.2, 0) is 16.0 Å². The second-order valence-electron chi connectivity index (χ2n) is 6.59. The average Bonchev–Trinajstić information content (AvgIpc) is 2.69. The lowest BCUT2D eigenvalue weighted by atomic mass is 10.0. The quantitative estimate of drug-likeness (QED) is 0.463. The molecule has 148 valence electrons. The van der Waals surface area contributed by atoms with E-state index < -0.39 is 17.8 Å². The van der Waals surface area contributed by atoms with E-state index in [1.807, 2.05) is 19.9 Å². The molecule has 2 aromatic carbocycles. The molecule has 6 heteroatoms. The number of rotatable bonds is 6. The maximum Gasteiger partial charge on any atom is 0.335 e. The number of imide groups is 2. The number of nitrogens with zero attached hydrogens (tertiary/aromatic N) is 1. The molecule has 29 heavy (non-hydrogen) atoms. The number of ether oxygens (including phenoxy) is 1. The number of allylic oxidation sites excluding steroid dienone is 1. The van der Waals surface area contributed by atoms with Crippen LogP contribution < -0.4 is 15.0 Å². The van der Waals surface area contributed by atoms with Gasteiger partial charge < -0.3 is 4.74 Å². The highest BCUT2D eigenvalue weighted by molar-refractivity contribution is 6.39. The van der Waals surface area contributed by atoms with Crippen LogP contribution >= 0.6 is 0 Å². The van der Waals surface area contributed by atoms with E-state index in [1.54, 1.807) is 42.5 Å². The van der Waals surface area contributed by atoms with Gasteiger partial charge in [0.1, 0.15) is 11.3 Å². The molecule has 0 spiro atoms. The summed E-state index contributed by atoms with van der Waals surface area (Å²) in [6, 6.07) is 11.6. The van der Waals surface area contributed by atoms with Crippen molar-refractivity contribution in [2.75, 3.05) is 11.5 Å². The van der Waals surface area contributed by atoms with Crippen LogP contribution in [0.5, 0.6) is 5.75 Å². The third-order valence-corrected chi connectivity index (χ3v) is 4.45. The molecule has 0 aliphatic carbocycles. The zero-order chi connectivity index (χ0) is 21.0. The second kappa shape index (κ2) is 8.56. The smallest absolute Gasteiger partial charge is 0.335 e. The summed E-state index contributed by atoms with van der Waals surface area (Å²) in [6.45, 7) is 8.08. The van der Waals surface area contributed by atoms with Gasteiger partial charge in [0, 0.05) is 0 Å².